The molecule has 0 saturated heterocycles. The maximum absolute atomic E-state index is 9.99. The molecule has 0 spiro atoms. The van der Waals surface area contributed by atoms with E-state index in [0.29, 0.717) is 0 Å². The Bertz CT molecular complexity index is 145. The predicted octanol–water partition coefficient (Wildman–Crippen LogP) is -3.23. The second-order valence-electron chi connectivity index (χ2n) is 2.09. The van der Waals surface area contributed by atoms with Gasteiger partial charge in [0.25, 0.3) is 0 Å². The summed E-state index contributed by atoms with van der Waals surface area (Å²) in [4.78, 5) is 9.99. The van der Waals surface area contributed by atoms with E-state index in [1.54, 1.807) is 0 Å². The molecule has 0 heterocycles. The van der Waals surface area contributed by atoms with E-state index in [2.05, 4.69) is 0 Å². The second-order valence-corrected chi connectivity index (χ2v) is 2.09. The van der Waals surface area contributed by atoms with Crippen LogP contribution in [0, 0.1) is 0 Å². The predicted molar refractivity (Wildman–Crippen MR) is 36.8 cm³/mol. The van der Waals surface area contributed by atoms with Crippen molar-refractivity contribution >= 4 is 5.97 Å². The van der Waals surface area contributed by atoms with E-state index < -0.39 is 5.97 Å². The van der Waals surface area contributed by atoms with Crippen molar-refractivity contribution in [2.24, 2.45) is 5.73 Å². The Balaban J connectivity index is 0. The van der Waals surface area contributed by atoms with Crippen LogP contribution in [0.25, 0.3) is 0 Å². The fraction of sp³-hybridized carbons (Fsp3) is 0.571. The van der Waals surface area contributed by atoms with Crippen molar-refractivity contribution in [3.05, 3.63) is 11.8 Å². The number of hydrogen-bond acceptors (Lipinski definition) is 3. The molecule has 0 aromatic carbocycles. The van der Waals surface area contributed by atoms with Gasteiger partial charge in [-0.25, -0.2) is 0 Å². The van der Waals surface area contributed by atoms with E-state index in [0.717, 1.165) is 19.3 Å². The number of allylic oxidation sites excluding steroid dienone is 1. The van der Waals surface area contributed by atoms with Crippen LogP contribution in [0.2, 0.25) is 0 Å². The molecule has 0 fully saturated rings. The largest absolute Gasteiger partial charge is 1.00 e. The Morgan fingerprint density at radius 2 is 2.18 bits per heavy atom. The molecule has 0 saturated carbocycles. The normalized spacial score (nSPS) is 10.5. The van der Waals surface area contributed by atoms with Gasteiger partial charge in [0.05, 0.1) is 11.7 Å². The summed E-state index contributed by atoms with van der Waals surface area (Å²) in [6.07, 6.45) is 4.21. The molecule has 0 rings (SSSR count). The summed E-state index contributed by atoms with van der Waals surface area (Å²) < 4.78 is 0. The van der Waals surface area contributed by atoms with Crippen LogP contribution in [0.3, 0.4) is 0 Å². The van der Waals surface area contributed by atoms with Crippen LogP contribution in [0.15, 0.2) is 11.8 Å². The molecular formula is C7H12NNaO2. The van der Waals surface area contributed by atoms with Gasteiger partial charge >= 0.3 is 29.6 Å². The van der Waals surface area contributed by atoms with E-state index >= 15 is 0 Å². The van der Waals surface area contributed by atoms with E-state index in [4.69, 9.17) is 5.73 Å². The molecular weight excluding hydrogens is 153 g/mol. The molecule has 0 aromatic rings. The number of carboxylic acid groups (broad SMARTS) is 1. The first-order valence-corrected chi connectivity index (χ1v) is 3.35. The van der Waals surface area contributed by atoms with Crippen molar-refractivity contribution in [2.75, 3.05) is 0 Å². The Morgan fingerprint density at radius 1 is 1.64 bits per heavy atom. The molecule has 0 unspecified atom stereocenters. The van der Waals surface area contributed by atoms with Crippen LogP contribution < -0.4 is 40.4 Å². The Kier molecular flexibility index (Phi) is 10.0. The van der Waals surface area contributed by atoms with Crippen LogP contribution in [-0.4, -0.2) is 5.97 Å². The summed E-state index contributed by atoms with van der Waals surface area (Å²) in [5.74, 6) is -1.28. The fourth-order valence-corrected chi connectivity index (χ4v) is 0.545. The first kappa shape index (κ1) is 13.6. The van der Waals surface area contributed by atoms with Crippen molar-refractivity contribution < 1.29 is 39.5 Å². The van der Waals surface area contributed by atoms with Crippen molar-refractivity contribution in [3.8, 4) is 0 Å². The van der Waals surface area contributed by atoms with Crippen LogP contribution in [0.1, 0.15) is 26.2 Å². The molecule has 0 bridgehead atoms. The molecule has 11 heavy (non-hydrogen) atoms. The molecule has 0 aliphatic carbocycles. The standard InChI is InChI=1S/C7H13NO2.Na/c1-2-3-4-5-6(8)7(9)10;/h5H,2-4,8H2,1H3,(H,9,10);/q;+1/p-1. The third-order valence-electron chi connectivity index (χ3n) is 1.16. The number of unbranched alkanes of at least 4 members (excludes halogenated alkanes) is 2. The van der Waals surface area contributed by atoms with Crippen LogP contribution >= 0.6 is 0 Å². The molecule has 58 valence electrons. The van der Waals surface area contributed by atoms with Crippen LogP contribution in [0.5, 0.6) is 0 Å². The van der Waals surface area contributed by atoms with Gasteiger partial charge in [-0.05, 0) is 12.8 Å². The van der Waals surface area contributed by atoms with Crippen molar-refractivity contribution in [2.45, 2.75) is 26.2 Å². The fourth-order valence-electron chi connectivity index (χ4n) is 0.545. The topological polar surface area (TPSA) is 66.2 Å². The summed E-state index contributed by atoms with van der Waals surface area (Å²) in [5.41, 5.74) is 4.90. The summed E-state index contributed by atoms with van der Waals surface area (Å²) in [7, 11) is 0. The van der Waals surface area contributed by atoms with Gasteiger partial charge in [0.2, 0.25) is 0 Å². The quantitative estimate of drug-likeness (QED) is 0.270. The van der Waals surface area contributed by atoms with Gasteiger partial charge in [-0.1, -0.05) is 19.4 Å². The maximum Gasteiger partial charge on any atom is 1.00 e. The summed E-state index contributed by atoms with van der Waals surface area (Å²) in [6.45, 7) is 2.03. The smallest absolute Gasteiger partial charge is 0.543 e. The number of rotatable bonds is 4. The number of carbonyl (C=O) groups is 1. The van der Waals surface area contributed by atoms with Crippen molar-refractivity contribution in [3.63, 3.8) is 0 Å². The molecule has 0 aliphatic heterocycles. The summed E-state index contributed by atoms with van der Waals surface area (Å²) in [5, 5.41) is 9.99. The molecule has 0 atom stereocenters. The average molecular weight is 165 g/mol. The Hall–Kier alpha value is 0.0100. The van der Waals surface area contributed by atoms with Crippen molar-refractivity contribution in [1.29, 1.82) is 0 Å². The van der Waals surface area contributed by atoms with Gasteiger partial charge in [-0.15, -0.1) is 0 Å². The van der Waals surface area contributed by atoms with Crippen LogP contribution in [0.4, 0.5) is 0 Å². The third-order valence-corrected chi connectivity index (χ3v) is 1.16. The zero-order valence-corrected chi connectivity index (χ0v) is 9.09. The van der Waals surface area contributed by atoms with Crippen molar-refractivity contribution in [1.82, 2.24) is 0 Å². The minimum absolute atomic E-state index is 0. The van der Waals surface area contributed by atoms with Gasteiger partial charge in [0.15, 0.2) is 0 Å². The first-order chi connectivity index (χ1) is 4.68. The van der Waals surface area contributed by atoms with E-state index in [9.17, 15) is 9.90 Å². The SMILES string of the molecule is CCCCC=C(N)C(=O)[O-].[Na+]. The van der Waals surface area contributed by atoms with Crippen LogP contribution in [-0.2, 0) is 4.79 Å². The molecule has 2 N–H and O–H groups in total. The van der Waals surface area contributed by atoms with Gasteiger partial charge in [0.1, 0.15) is 0 Å². The van der Waals surface area contributed by atoms with Gasteiger partial charge in [-0.2, -0.15) is 0 Å². The molecule has 4 heteroatoms. The number of carbonyl (C=O) groups excluding carboxylic acids is 1. The maximum atomic E-state index is 9.99. The van der Waals surface area contributed by atoms with Gasteiger partial charge < -0.3 is 15.6 Å². The summed E-state index contributed by atoms with van der Waals surface area (Å²) >= 11 is 0. The number of aliphatic carboxylic acids is 1. The zero-order chi connectivity index (χ0) is 7.98. The molecule has 3 nitrogen and oxygen atoms in total. The number of carboxylic acids is 1. The molecule has 0 aliphatic rings. The zero-order valence-electron chi connectivity index (χ0n) is 7.09. The number of nitrogens with two attached hydrogens (primary N) is 1. The minimum Gasteiger partial charge on any atom is -0.543 e. The third kappa shape index (κ3) is 7.91. The van der Waals surface area contributed by atoms with E-state index in [1.807, 2.05) is 6.92 Å². The first-order valence-electron chi connectivity index (χ1n) is 3.35. The second kappa shape index (κ2) is 8.11. The number of hydrogen-bond donors (Lipinski definition) is 1. The van der Waals surface area contributed by atoms with Gasteiger partial charge in [0, 0.05) is 0 Å². The summed E-state index contributed by atoms with van der Waals surface area (Å²) in [6, 6.07) is 0. The molecule has 0 radical (unpaired) electrons. The monoisotopic (exact) mass is 165 g/mol. The van der Waals surface area contributed by atoms with Gasteiger partial charge in [-0.3, -0.25) is 0 Å². The van der Waals surface area contributed by atoms with E-state index in [1.165, 1.54) is 6.08 Å². The Labute approximate surface area is 88.9 Å². The molecule has 0 amide bonds. The average Bonchev–Trinajstić information content (AvgIpc) is 1.88. The Morgan fingerprint density at radius 3 is 2.55 bits per heavy atom. The molecule has 0 aromatic heterocycles. The van der Waals surface area contributed by atoms with E-state index in [-0.39, 0.29) is 35.3 Å². The minimum atomic E-state index is -1.28.